The molecule has 23 heavy (non-hydrogen) atoms. The van der Waals surface area contributed by atoms with Gasteiger partial charge in [-0.25, -0.2) is 9.97 Å². The van der Waals surface area contributed by atoms with E-state index in [0.717, 1.165) is 22.9 Å². The van der Waals surface area contributed by atoms with Crippen LogP contribution in [0, 0.1) is 0 Å². The van der Waals surface area contributed by atoms with Gasteiger partial charge in [0.15, 0.2) is 5.82 Å². The Morgan fingerprint density at radius 2 is 1.57 bits per heavy atom. The zero-order valence-electron chi connectivity index (χ0n) is 13.2. The number of hydrogen-bond acceptors (Lipinski definition) is 5. The molecule has 0 saturated carbocycles. The average Bonchev–Trinajstić information content (AvgIpc) is 2.56. The minimum absolute atomic E-state index is 0.291. The topological polar surface area (TPSA) is 62.7 Å². The summed E-state index contributed by atoms with van der Waals surface area (Å²) < 4.78 is 0. The maximum Gasteiger partial charge on any atom is 0.163 e. The summed E-state index contributed by atoms with van der Waals surface area (Å²) in [5, 5.41) is 6.66. The number of benzene rings is 1. The normalized spacial score (nSPS) is 10.6. The van der Waals surface area contributed by atoms with Gasteiger partial charge >= 0.3 is 0 Å². The molecule has 0 aliphatic heterocycles. The van der Waals surface area contributed by atoms with Gasteiger partial charge in [-0.3, -0.25) is 4.98 Å². The molecular formula is C18H19N5. The average molecular weight is 305 g/mol. The Morgan fingerprint density at radius 3 is 2.26 bits per heavy atom. The number of nitrogens with one attached hydrogen (secondary N) is 2. The highest BCUT2D eigenvalue weighted by molar-refractivity contribution is 5.64. The molecule has 0 spiro atoms. The number of anilines is 3. The van der Waals surface area contributed by atoms with Crippen LogP contribution >= 0.6 is 0 Å². The first-order chi connectivity index (χ1) is 11.2. The van der Waals surface area contributed by atoms with Crippen LogP contribution in [0.15, 0.2) is 60.9 Å². The number of para-hydroxylation sites is 1. The van der Waals surface area contributed by atoms with E-state index in [1.54, 1.807) is 12.4 Å². The van der Waals surface area contributed by atoms with Crippen molar-refractivity contribution in [3.8, 4) is 11.4 Å². The second-order valence-corrected chi connectivity index (χ2v) is 5.49. The Balaban J connectivity index is 1.98. The van der Waals surface area contributed by atoms with Gasteiger partial charge in [0.25, 0.3) is 0 Å². The minimum Gasteiger partial charge on any atom is -0.368 e. The molecule has 3 rings (SSSR count). The third-order valence-electron chi connectivity index (χ3n) is 3.15. The molecule has 0 atom stereocenters. The Morgan fingerprint density at radius 1 is 0.870 bits per heavy atom. The lowest BCUT2D eigenvalue weighted by atomic mass is 10.2. The predicted octanol–water partition coefficient (Wildman–Crippen LogP) is 4.10. The van der Waals surface area contributed by atoms with E-state index in [9.17, 15) is 0 Å². The summed E-state index contributed by atoms with van der Waals surface area (Å²) in [7, 11) is 0. The molecule has 5 heteroatoms. The van der Waals surface area contributed by atoms with Crippen LogP contribution in [0.1, 0.15) is 13.8 Å². The second-order valence-electron chi connectivity index (χ2n) is 5.49. The molecule has 0 radical (unpaired) electrons. The highest BCUT2D eigenvalue weighted by Gasteiger charge is 2.08. The van der Waals surface area contributed by atoms with E-state index in [1.165, 1.54) is 0 Å². The van der Waals surface area contributed by atoms with Gasteiger partial charge in [-0.2, -0.15) is 0 Å². The van der Waals surface area contributed by atoms with Crippen molar-refractivity contribution in [1.82, 2.24) is 15.0 Å². The van der Waals surface area contributed by atoms with Crippen molar-refractivity contribution in [2.75, 3.05) is 10.6 Å². The van der Waals surface area contributed by atoms with Gasteiger partial charge in [0.05, 0.1) is 0 Å². The molecule has 2 aromatic heterocycles. The van der Waals surface area contributed by atoms with E-state index < -0.39 is 0 Å². The van der Waals surface area contributed by atoms with Gasteiger partial charge in [0.2, 0.25) is 0 Å². The number of rotatable bonds is 5. The Labute approximate surface area is 135 Å². The zero-order chi connectivity index (χ0) is 16.1. The molecule has 5 nitrogen and oxygen atoms in total. The van der Waals surface area contributed by atoms with E-state index in [2.05, 4.69) is 39.4 Å². The number of nitrogens with zero attached hydrogens (tertiary/aromatic N) is 3. The van der Waals surface area contributed by atoms with Crippen molar-refractivity contribution in [3.05, 3.63) is 60.9 Å². The lowest BCUT2D eigenvalue weighted by Crippen LogP contribution is -2.12. The molecule has 0 fully saturated rings. The van der Waals surface area contributed by atoms with Gasteiger partial charge in [-0.15, -0.1) is 0 Å². The summed E-state index contributed by atoms with van der Waals surface area (Å²) >= 11 is 0. The molecule has 2 heterocycles. The predicted molar refractivity (Wildman–Crippen MR) is 93.7 cm³/mol. The lowest BCUT2D eigenvalue weighted by Gasteiger charge is -2.13. The van der Waals surface area contributed by atoms with Crippen molar-refractivity contribution in [2.45, 2.75) is 19.9 Å². The van der Waals surface area contributed by atoms with Crippen LogP contribution in [0.2, 0.25) is 0 Å². The highest BCUT2D eigenvalue weighted by atomic mass is 15.1. The van der Waals surface area contributed by atoms with Gasteiger partial charge in [0.1, 0.15) is 11.6 Å². The van der Waals surface area contributed by atoms with Crippen molar-refractivity contribution in [3.63, 3.8) is 0 Å². The summed E-state index contributed by atoms with van der Waals surface area (Å²) in [4.78, 5) is 13.3. The third-order valence-corrected chi connectivity index (χ3v) is 3.15. The van der Waals surface area contributed by atoms with Gasteiger partial charge in [-0.05, 0) is 38.1 Å². The molecule has 0 aliphatic rings. The molecular weight excluding hydrogens is 286 g/mol. The van der Waals surface area contributed by atoms with E-state index in [-0.39, 0.29) is 0 Å². The summed E-state index contributed by atoms with van der Waals surface area (Å²) in [6.07, 6.45) is 3.48. The Kier molecular flexibility index (Phi) is 4.47. The largest absolute Gasteiger partial charge is 0.368 e. The monoisotopic (exact) mass is 305 g/mol. The fourth-order valence-corrected chi connectivity index (χ4v) is 2.18. The first kappa shape index (κ1) is 15.0. The van der Waals surface area contributed by atoms with Crippen LogP contribution in [0.5, 0.6) is 0 Å². The van der Waals surface area contributed by atoms with Crippen LogP contribution in [-0.4, -0.2) is 21.0 Å². The molecule has 0 saturated heterocycles. The molecule has 0 amide bonds. The number of pyridine rings is 1. The maximum atomic E-state index is 4.62. The lowest BCUT2D eigenvalue weighted by molar-refractivity contribution is 0.887. The second kappa shape index (κ2) is 6.87. The quantitative estimate of drug-likeness (QED) is 0.743. The summed E-state index contributed by atoms with van der Waals surface area (Å²) in [5.41, 5.74) is 1.92. The van der Waals surface area contributed by atoms with E-state index >= 15 is 0 Å². The molecule has 0 aliphatic carbocycles. The van der Waals surface area contributed by atoms with Crippen LogP contribution in [0.25, 0.3) is 11.4 Å². The van der Waals surface area contributed by atoms with Crippen molar-refractivity contribution < 1.29 is 0 Å². The van der Waals surface area contributed by atoms with Gasteiger partial charge in [0, 0.05) is 35.8 Å². The first-order valence-corrected chi connectivity index (χ1v) is 7.59. The Hall–Kier alpha value is -2.95. The van der Waals surface area contributed by atoms with E-state index in [1.807, 2.05) is 48.5 Å². The number of hydrogen-bond donors (Lipinski definition) is 2. The van der Waals surface area contributed by atoms with Gasteiger partial charge in [-0.1, -0.05) is 18.2 Å². The summed E-state index contributed by atoms with van der Waals surface area (Å²) in [6, 6.07) is 16.0. The van der Waals surface area contributed by atoms with Crippen molar-refractivity contribution >= 4 is 17.3 Å². The van der Waals surface area contributed by atoms with Crippen molar-refractivity contribution in [2.24, 2.45) is 0 Å². The van der Waals surface area contributed by atoms with Crippen LogP contribution in [0.4, 0.5) is 17.3 Å². The van der Waals surface area contributed by atoms with Crippen LogP contribution < -0.4 is 10.6 Å². The first-order valence-electron chi connectivity index (χ1n) is 7.59. The molecule has 116 valence electrons. The zero-order valence-corrected chi connectivity index (χ0v) is 13.2. The molecule has 1 aromatic carbocycles. The third kappa shape index (κ3) is 4.03. The maximum absolute atomic E-state index is 4.62. The number of aromatic nitrogens is 3. The van der Waals surface area contributed by atoms with Crippen LogP contribution in [0.3, 0.4) is 0 Å². The highest BCUT2D eigenvalue weighted by Crippen LogP contribution is 2.22. The smallest absolute Gasteiger partial charge is 0.163 e. The fraction of sp³-hybridized carbons (Fsp3) is 0.167. The van der Waals surface area contributed by atoms with Crippen LogP contribution in [-0.2, 0) is 0 Å². The molecule has 3 aromatic rings. The molecule has 0 unspecified atom stereocenters. The molecule has 0 bridgehead atoms. The fourth-order valence-electron chi connectivity index (χ4n) is 2.18. The summed E-state index contributed by atoms with van der Waals surface area (Å²) in [5.74, 6) is 2.21. The SMILES string of the molecule is CC(C)Nc1cc(Nc2ccccc2)nc(-c2ccncc2)n1. The van der Waals surface area contributed by atoms with Crippen molar-refractivity contribution in [1.29, 1.82) is 0 Å². The standard InChI is InChI=1S/C18H19N5/c1-13(2)20-16-12-17(21-15-6-4-3-5-7-15)23-18(22-16)14-8-10-19-11-9-14/h3-13H,1-2H3,(H2,20,21,22,23). The minimum atomic E-state index is 0.291. The van der Waals surface area contributed by atoms with E-state index in [0.29, 0.717) is 11.9 Å². The summed E-state index contributed by atoms with van der Waals surface area (Å²) in [6.45, 7) is 4.16. The molecule has 2 N–H and O–H groups in total. The van der Waals surface area contributed by atoms with Gasteiger partial charge < -0.3 is 10.6 Å². The van der Waals surface area contributed by atoms with E-state index in [4.69, 9.17) is 0 Å². The Bertz CT molecular complexity index is 757.